The van der Waals surface area contributed by atoms with Crippen LogP contribution in [-0.4, -0.2) is 70.0 Å². The standard InChI is InChI=1S/C23H28FN5O3/c24-18-3-1-2-17(21(18)31)19-10-20-22(27-26-19)25-11-16-12-28(8-9-29(16)20)23(32)15-6-4-14(13-30)5-7-15/h1-3,10,14-16,30-31H,4-9,11-13H2,(H,25,27)/t14?,15?,16-/m0/s1. The number of aromatic hydroxyl groups is 1. The summed E-state index contributed by atoms with van der Waals surface area (Å²) in [6.45, 7) is 2.82. The Balaban J connectivity index is 1.32. The van der Waals surface area contributed by atoms with Crippen LogP contribution < -0.4 is 10.2 Å². The minimum absolute atomic E-state index is 0.0570. The Kier molecular flexibility index (Phi) is 5.58. The van der Waals surface area contributed by atoms with Gasteiger partial charge in [-0.05, 0) is 49.8 Å². The highest BCUT2D eigenvalue weighted by Gasteiger charge is 2.37. The average Bonchev–Trinajstić information content (AvgIpc) is 2.84. The quantitative estimate of drug-likeness (QED) is 0.671. The molecule has 0 unspecified atom stereocenters. The van der Waals surface area contributed by atoms with Crippen molar-refractivity contribution in [2.45, 2.75) is 31.7 Å². The van der Waals surface area contributed by atoms with Gasteiger partial charge in [-0.25, -0.2) is 4.39 Å². The molecule has 1 aromatic heterocycles. The third kappa shape index (κ3) is 3.74. The Morgan fingerprint density at radius 1 is 1.19 bits per heavy atom. The van der Waals surface area contributed by atoms with Crippen molar-refractivity contribution < 1.29 is 19.4 Å². The highest BCUT2D eigenvalue weighted by molar-refractivity contribution is 5.80. The Morgan fingerprint density at radius 3 is 2.78 bits per heavy atom. The molecule has 5 rings (SSSR count). The molecule has 1 saturated heterocycles. The summed E-state index contributed by atoms with van der Waals surface area (Å²) < 4.78 is 13.8. The molecule has 0 spiro atoms. The van der Waals surface area contributed by atoms with Gasteiger partial charge >= 0.3 is 0 Å². The number of hydrogen-bond donors (Lipinski definition) is 3. The van der Waals surface area contributed by atoms with Crippen molar-refractivity contribution in [3.63, 3.8) is 0 Å². The van der Waals surface area contributed by atoms with E-state index in [1.165, 1.54) is 12.1 Å². The first-order valence-electron chi connectivity index (χ1n) is 11.3. The monoisotopic (exact) mass is 441 g/mol. The van der Waals surface area contributed by atoms with Crippen molar-refractivity contribution in [1.82, 2.24) is 15.1 Å². The fourth-order valence-corrected chi connectivity index (χ4v) is 5.19. The number of nitrogens with zero attached hydrogens (tertiary/aromatic N) is 4. The van der Waals surface area contributed by atoms with E-state index in [0.29, 0.717) is 49.2 Å². The number of hydrogen-bond acceptors (Lipinski definition) is 7. The van der Waals surface area contributed by atoms with E-state index in [0.717, 1.165) is 31.4 Å². The second-order valence-corrected chi connectivity index (χ2v) is 9.01. The molecule has 170 valence electrons. The molecule has 3 heterocycles. The number of piperazine rings is 1. The number of carbonyl (C=O) groups excluding carboxylic acids is 1. The molecule has 9 heteroatoms. The van der Waals surface area contributed by atoms with E-state index in [1.807, 2.05) is 11.0 Å². The summed E-state index contributed by atoms with van der Waals surface area (Å²) in [5.41, 5.74) is 1.56. The number of aliphatic hydroxyl groups is 1. The number of halogens is 1. The number of carbonyl (C=O) groups is 1. The molecule has 3 aliphatic rings. The van der Waals surface area contributed by atoms with Gasteiger partial charge in [0, 0.05) is 44.3 Å². The number of aliphatic hydroxyl groups excluding tert-OH is 1. The van der Waals surface area contributed by atoms with Crippen LogP contribution in [-0.2, 0) is 4.79 Å². The SMILES string of the molecule is O=C(C1CCC(CO)CC1)N1CCN2c3cc(-c4cccc(F)c4O)nnc3NC[C@H]2C1. The van der Waals surface area contributed by atoms with Crippen LogP contribution >= 0.6 is 0 Å². The zero-order valence-electron chi connectivity index (χ0n) is 17.9. The van der Waals surface area contributed by atoms with Crippen LogP contribution in [0.3, 0.4) is 0 Å². The summed E-state index contributed by atoms with van der Waals surface area (Å²) in [6.07, 6.45) is 3.54. The number of nitrogens with one attached hydrogen (secondary N) is 1. The van der Waals surface area contributed by atoms with Gasteiger partial charge < -0.3 is 25.3 Å². The predicted molar refractivity (Wildman–Crippen MR) is 118 cm³/mol. The molecule has 0 bridgehead atoms. The molecule has 1 aliphatic carbocycles. The number of fused-ring (bicyclic) bond motifs is 3. The summed E-state index contributed by atoms with van der Waals surface area (Å²) in [5, 5.41) is 31.2. The zero-order chi connectivity index (χ0) is 22.2. The molecule has 2 fully saturated rings. The lowest BCUT2D eigenvalue weighted by atomic mass is 9.81. The molecule has 2 aromatic rings. The fraction of sp³-hybridized carbons (Fsp3) is 0.522. The molecule has 2 aliphatic heterocycles. The molecule has 32 heavy (non-hydrogen) atoms. The third-order valence-corrected chi connectivity index (χ3v) is 7.10. The maximum absolute atomic E-state index is 13.8. The minimum atomic E-state index is -0.696. The number of rotatable bonds is 3. The zero-order valence-corrected chi connectivity index (χ0v) is 17.9. The summed E-state index contributed by atoms with van der Waals surface area (Å²) in [5.74, 6) is 0.143. The van der Waals surface area contributed by atoms with Crippen LogP contribution in [0.4, 0.5) is 15.9 Å². The number of amides is 1. The number of anilines is 2. The average molecular weight is 442 g/mol. The van der Waals surface area contributed by atoms with Crippen molar-refractivity contribution in [1.29, 1.82) is 0 Å². The smallest absolute Gasteiger partial charge is 0.225 e. The van der Waals surface area contributed by atoms with Gasteiger partial charge in [0.15, 0.2) is 17.4 Å². The molecule has 1 amide bonds. The Bertz CT molecular complexity index is 1010. The van der Waals surface area contributed by atoms with Crippen molar-refractivity contribution >= 4 is 17.4 Å². The Hall–Kier alpha value is -2.94. The van der Waals surface area contributed by atoms with Crippen LogP contribution in [0.25, 0.3) is 11.3 Å². The number of para-hydroxylation sites is 1. The van der Waals surface area contributed by atoms with Gasteiger partial charge in [-0.15, -0.1) is 10.2 Å². The summed E-state index contributed by atoms with van der Waals surface area (Å²) in [6, 6.07) is 6.28. The summed E-state index contributed by atoms with van der Waals surface area (Å²) in [4.78, 5) is 17.3. The van der Waals surface area contributed by atoms with Crippen molar-refractivity contribution in [2.75, 3.05) is 43.0 Å². The first kappa shape index (κ1) is 20.9. The van der Waals surface area contributed by atoms with Crippen LogP contribution in [0.15, 0.2) is 24.3 Å². The van der Waals surface area contributed by atoms with Crippen LogP contribution in [0.1, 0.15) is 25.7 Å². The topological polar surface area (TPSA) is 102 Å². The summed E-state index contributed by atoms with van der Waals surface area (Å²) >= 11 is 0. The Morgan fingerprint density at radius 2 is 2.00 bits per heavy atom. The van der Waals surface area contributed by atoms with E-state index >= 15 is 0 Å². The highest BCUT2D eigenvalue weighted by atomic mass is 19.1. The number of phenolic OH excluding ortho intramolecular Hbond substituents is 1. The molecule has 3 N–H and O–H groups in total. The Labute approximate surface area is 186 Å². The predicted octanol–water partition coefficient (Wildman–Crippen LogP) is 2.23. The largest absolute Gasteiger partial charge is 0.504 e. The maximum atomic E-state index is 13.8. The van der Waals surface area contributed by atoms with E-state index in [2.05, 4.69) is 20.4 Å². The minimum Gasteiger partial charge on any atom is -0.504 e. The first-order valence-corrected chi connectivity index (χ1v) is 11.3. The van der Waals surface area contributed by atoms with Crippen molar-refractivity contribution in [3.05, 3.63) is 30.1 Å². The maximum Gasteiger partial charge on any atom is 0.225 e. The van der Waals surface area contributed by atoms with Crippen molar-refractivity contribution in [2.24, 2.45) is 11.8 Å². The van der Waals surface area contributed by atoms with Gasteiger partial charge in [-0.1, -0.05) is 6.07 Å². The third-order valence-electron chi connectivity index (χ3n) is 7.10. The van der Waals surface area contributed by atoms with Crippen LogP contribution in [0, 0.1) is 17.7 Å². The first-order chi connectivity index (χ1) is 15.5. The lowest BCUT2D eigenvalue weighted by molar-refractivity contribution is -0.137. The van der Waals surface area contributed by atoms with Gasteiger partial charge in [0.05, 0.1) is 17.4 Å². The second-order valence-electron chi connectivity index (χ2n) is 9.01. The molecule has 1 atom stereocenters. The molecule has 0 radical (unpaired) electrons. The molecule has 1 aromatic carbocycles. The van der Waals surface area contributed by atoms with E-state index < -0.39 is 11.6 Å². The lowest BCUT2D eigenvalue weighted by Gasteiger charge is -2.46. The number of phenols is 1. The van der Waals surface area contributed by atoms with E-state index in [4.69, 9.17) is 0 Å². The van der Waals surface area contributed by atoms with Crippen LogP contribution in [0.2, 0.25) is 0 Å². The van der Waals surface area contributed by atoms with Crippen molar-refractivity contribution in [3.8, 4) is 17.0 Å². The van der Waals surface area contributed by atoms with Gasteiger partial charge in [0.1, 0.15) is 0 Å². The van der Waals surface area contributed by atoms with Gasteiger partial charge in [0.2, 0.25) is 5.91 Å². The molecular weight excluding hydrogens is 413 g/mol. The van der Waals surface area contributed by atoms with E-state index in [-0.39, 0.29) is 24.5 Å². The molecule has 8 nitrogen and oxygen atoms in total. The van der Waals surface area contributed by atoms with Gasteiger partial charge in [-0.3, -0.25) is 4.79 Å². The molecule has 1 saturated carbocycles. The van der Waals surface area contributed by atoms with Gasteiger partial charge in [-0.2, -0.15) is 0 Å². The van der Waals surface area contributed by atoms with Crippen LogP contribution in [0.5, 0.6) is 5.75 Å². The lowest BCUT2D eigenvalue weighted by Crippen LogP contribution is -2.59. The molecular formula is C23H28FN5O3. The number of benzene rings is 1. The van der Waals surface area contributed by atoms with E-state index in [9.17, 15) is 19.4 Å². The highest BCUT2D eigenvalue weighted by Crippen LogP contribution is 2.37. The fourth-order valence-electron chi connectivity index (χ4n) is 5.19. The normalized spacial score (nSPS) is 25.0. The number of aromatic nitrogens is 2. The van der Waals surface area contributed by atoms with Gasteiger partial charge in [0.25, 0.3) is 0 Å². The second kappa shape index (κ2) is 8.54. The van der Waals surface area contributed by atoms with E-state index in [1.54, 1.807) is 6.07 Å². The summed E-state index contributed by atoms with van der Waals surface area (Å²) in [7, 11) is 0.